The first-order chi connectivity index (χ1) is 15.9. The molecule has 3 aromatic rings. The van der Waals surface area contributed by atoms with Gasteiger partial charge in [-0.2, -0.15) is 5.10 Å². The average molecular weight is 506 g/mol. The second-order valence-electron chi connectivity index (χ2n) is 8.39. The van der Waals surface area contributed by atoms with Crippen LogP contribution in [0.4, 0.5) is 4.39 Å². The second-order valence-corrected chi connectivity index (χ2v) is 10.6. The topological polar surface area (TPSA) is 63.1 Å². The summed E-state index contributed by atoms with van der Waals surface area (Å²) in [5.41, 5.74) is 1.02. The minimum absolute atomic E-state index is 0.119. The van der Waals surface area contributed by atoms with Gasteiger partial charge in [0.2, 0.25) is 5.91 Å². The Hall–Kier alpha value is -2.13. The summed E-state index contributed by atoms with van der Waals surface area (Å²) in [6.07, 6.45) is 6.48. The van der Waals surface area contributed by atoms with Crippen molar-refractivity contribution in [1.82, 2.24) is 25.0 Å². The molecule has 2 aliphatic heterocycles. The summed E-state index contributed by atoms with van der Waals surface area (Å²) in [5.74, 6) is -0.697. The maximum absolute atomic E-state index is 14.6. The Morgan fingerprint density at radius 3 is 2.73 bits per heavy atom. The number of thioether (sulfide) groups is 1. The number of benzene rings is 1. The molecule has 0 aliphatic carbocycles. The summed E-state index contributed by atoms with van der Waals surface area (Å²) in [5, 5.41) is 8.44. The number of rotatable bonds is 5. The first kappa shape index (κ1) is 22.7. The number of carbonyl (C=O) groups excluding carboxylic acids is 1. The van der Waals surface area contributed by atoms with E-state index in [-0.39, 0.29) is 21.9 Å². The number of carbonyl (C=O) groups is 1. The molecule has 6 nitrogen and oxygen atoms in total. The van der Waals surface area contributed by atoms with Crippen molar-refractivity contribution in [3.8, 4) is 11.1 Å². The number of nitrogens with zero attached hydrogens (tertiary/aromatic N) is 4. The van der Waals surface area contributed by atoms with Crippen molar-refractivity contribution in [1.29, 1.82) is 0 Å². The molecule has 2 aromatic heterocycles. The van der Waals surface area contributed by atoms with Gasteiger partial charge in [0.15, 0.2) is 0 Å². The molecular weight excluding hydrogens is 484 g/mol. The minimum atomic E-state index is -1.11. The molecule has 4 heterocycles. The van der Waals surface area contributed by atoms with Gasteiger partial charge in [0.1, 0.15) is 17.1 Å². The highest BCUT2D eigenvalue weighted by molar-refractivity contribution is 8.00. The zero-order valence-electron chi connectivity index (χ0n) is 17.9. The quantitative estimate of drug-likeness (QED) is 0.552. The lowest BCUT2D eigenvalue weighted by atomic mass is 9.82. The molecule has 33 heavy (non-hydrogen) atoms. The lowest BCUT2D eigenvalue weighted by Crippen LogP contribution is -2.64. The number of hydrogen-bond acceptors (Lipinski definition) is 5. The number of pyridine rings is 1. The predicted molar refractivity (Wildman–Crippen MR) is 128 cm³/mol. The lowest BCUT2D eigenvalue weighted by molar-refractivity contribution is -0.141. The van der Waals surface area contributed by atoms with Crippen molar-refractivity contribution < 1.29 is 9.18 Å². The van der Waals surface area contributed by atoms with Gasteiger partial charge in [-0.15, -0.1) is 11.8 Å². The molecule has 2 aliphatic rings. The van der Waals surface area contributed by atoms with Crippen LogP contribution in [0, 0.1) is 5.82 Å². The second kappa shape index (κ2) is 8.91. The normalized spacial score (nSPS) is 22.4. The van der Waals surface area contributed by atoms with Gasteiger partial charge >= 0.3 is 0 Å². The molecule has 1 N–H and O–H groups in total. The van der Waals surface area contributed by atoms with Crippen LogP contribution in [0.1, 0.15) is 18.5 Å². The average Bonchev–Trinajstić information content (AvgIpc) is 3.39. The number of nitrogens with one attached hydrogen (secondary N) is 1. The highest BCUT2D eigenvalue weighted by atomic mass is 35.5. The molecule has 2 atom stereocenters. The van der Waals surface area contributed by atoms with E-state index in [0.29, 0.717) is 31.1 Å². The number of likely N-dealkylation sites (tertiary alicyclic amines) is 1. The Balaban J connectivity index is 1.28. The fourth-order valence-electron chi connectivity index (χ4n) is 4.39. The highest BCUT2D eigenvalue weighted by Gasteiger charge is 2.51. The van der Waals surface area contributed by atoms with Gasteiger partial charge in [-0.3, -0.25) is 19.8 Å². The molecule has 172 valence electrons. The van der Waals surface area contributed by atoms with Gasteiger partial charge in [-0.05, 0) is 43.1 Å². The van der Waals surface area contributed by atoms with Crippen molar-refractivity contribution >= 4 is 40.9 Å². The number of halogens is 3. The van der Waals surface area contributed by atoms with Crippen molar-refractivity contribution in [2.45, 2.75) is 28.5 Å². The maximum Gasteiger partial charge on any atom is 0.249 e. The summed E-state index contributed by atoms with van der Waals surface area (Å²) in [4.78, 5) is 20.4. The van der Waals surface area contributed by atoms with Gasteiger partial charge < -0.3 is 4.90 Å². The van der Waals surface area contributed by atoms with Crippen LogP contribution in [0.2, 0.25) is 10.0 Å². The SMILES string of the molecule is Cn1cc(-c2ccc(SC3CCN(C(=O)C4(c5ncc(Cl)cc5F)CCN4)C3)c(Cl)c2)cn1. The van der Waals surface area contributed by atoms with Crippen LogP contribution < -0.4 is 5.32 Å². The first-order valence-corrected chi connectivity index (χ1v) is 12.3. The third-order valence-electron chi connectivity index (χ3n) is 6.20. The van der Waals surface area contributed by atoms with Crippen LogP contribution in [0.25, 0.3) is 11.1 Å². The Kier molecular flexibility index (Phi) is 6.11. The molecular formula is C23H22Cl2FN5OS. The van der Waals surface area contributed by atoms with Crippen LogP contribution >= 0.6 is 35.0 Å². The molecule has 1 aromatic carbocycles. The van der Waals surface area contributed by atoms with E-state index in [4.69, 9.17) is 23.2 Å². The van der Waals surface area contributed by atoms with E-state index in [1.54, 1.807) is 21.3 Å². The smallest absolute Gasteiger partial charge is 0.249 e. The zero-order chi connectivity index (χ0) is 23.2. The molecule has 2 fully saturated rings. The highest BCUT2D eigenvalue weighted by Crippen LogP contribution is 2.39. The molecule has 0 bridgehead atoms. The summed E-state index contributed by atoms with van der Waals surface area (Å²) < 4.78 is 16.4. The van der Waals surface area contributed by atoms with Gasteiger partial charge in [-0.25, -0.2) is 4.39 Å². The number of hydrogen-bond donors (Lipinski definition) is 1. The molecule has 0 radical (unpaired) electrons. The van der Waals surface area contributed by atoms with E-state index in [1.165, 1.54) is 12.3 Å². The lowest BCUT2D eigenvalue weighted by Gasteiger charge is -2.43. The maximum atomic E-state index is 14.6. The molecule has 2 saturated heterocycles. The predicted octanol–water partition coefficient (Wildman–Crippen LogP) is 4.51. The van der Waals surface area contributed by atoms with Crippen LogP contribution in [0.5, 0.6) is 0 Å². The third kappa shape index (κ3) is 4.25. The van der Waals surface area contributed by atoms with E-state index >= 15 is 0 Å². The van der Waals surface area contributed by atoms with Crippen LogP contribution in [0.15, 0.2) is 47.8 Å². The van der Waals surface area contributed by atoms with Crippen molar-refractivity contribution in [3.63, 3.8) is 0 Å². The Morgan fingerprint density at radius 1 is 1.27 bits per heavy atom. The molecule has 0 saturated carbocycles. The van der Waals surface area contributed by atoms with E-state index in [0.717, 1.165) is 22.4 Å². The molecule has 10 heteroatoms. The van der Waals surface area contributed by atoms with Gasteiger partial charge in [-0.1, -0.05) is 29.3 Å². The molecule has 1 amide bonds. The van der Waals surface area contributed by atoms with E-state index < -0.39 is 11.4 Å². The Labute approximate surface area is 205 Å². The summed E-state index contributed by atoms with van der Waals surface area (Å²) in [6.45, 7) is 1.82. The van der Waals surface area contributed by atoms with Crippen molar-refractivity contribution in [3.05, 3.63) is 64.4 Å². The molecule has 2 unspecified atom stereocenters. The monoisotopic (exact) mass is 505 g/mol. The third-order valence-corrected chi connectivity index (χ3v) is 8.16. The molecule has 5 rings (SSSR count). The number of aryl methyl sites for hydroxylation is 1. The van der Waals surface area contributed by atoms with Gasteiger partial charge in [0, 0.05) is 48.2 Å². The first-order valence-electron chi connectivity index (χ1n) is 10.7. The fourth-order valence-corrected chi connectivity index (χ4v) is 6.01. The van der Waals surface area contributed by atoms with Crippen LogP contribution in [-0.2, 0) is 17.4 Å². The Morgan fingerprint density at radius 2 is 2.09 bits per heavy atom. The van der Waals surface area contributed by atoms with Crippen molar-refractivity contribution in [2.24, 2.45) is 7.05 Å². The summed E-state index contributed by atoms with van der Waals surface area (Å²) in [7, 11) is 1.88. The molecule has 0 spiro atoms. The van der Waals surface area contributed by atoms with Crippen LogP contribution in [-0.4, -0.2) is 50.5 Å². The standard InChI is InChI=1S/C23H22Cl2FN5OS/c1-30-12-15(10-29-30)14-2-3-20(18(25)8-14)33-17-4-7-31(13-17)22(32)23(5-6-28-23)21-19(26)9-16(24)11-27-21/h2-3,8-12,17,28H,4-7,13H2,1H3. The Bertz CT molecular complexity index is 1220. The fraction of sp³-hybridized carbons (Fsp3) is 0.348. The van der Waals surface area contributed by atoms with E-state index in [2.05, 4.69) is 15.4 Å². The number of amides is 1. The van der Waals surface area contributed by atoms with Gasteiger partial charge in [0.25, 0.3) is 0 Å². The summed E-state index contributed by atoms with van der Waals surface area (Å²) in [6, 6.07) is 7.20. The van der Waals surface area contributed by atoms with Gasteiger partial charge in [0.05, 0.1) is 16.2 Å². The summed E-state index contributed by atoms with van der Waals surface area (Å²) >= 11 is 14.1. The largest absolute Gasteiger partial charge is 0.340 e. The minimum Gasteiger partial charge on any atom is -0.340 e. The number of aromatic nitrogens is 3. The van der Waals surface area contributed by atoms with E-state index in [9.17, 15) is 9.18 Å². The van der Waals surface area contributed by atoms with E-state index in [1.807, 2.05) is 37.6 Å². The zero-order valence-corrected chi connectivity index (χ0v) is 20.2. The van der Waals surface area contributed by atoms with Crippen LogP contribution in [0.3, 0.4) is 0 Å². The van der Waals surface area contributed by atoms with Crippen molar-refractivity contribution in [2.75, 3.05) is 19.6 Å².